The van der Waals surface area contributed by atoms with Crippen LogP contribution in [0.15, 0.2) is 18.2 Å². The Morgan fingerprint density at radius 2 is 1.90 bits per heavy atom. The van der Waals surface area contributed by atoms with Gasteiger partial charge < -0.3 is 10.6 Å². The van der Waals surface area contributed by atoms with E-state index >= 15 is 0 Å². The number of carbonyl (C=O) groups is 1. The molecular weight excluding hydrogens is 260 g/mol. The summed E-state index contributed by atoms with van der Waals surface area (Å²) in [6, 6.07) is 6.74. The van der Waals surface area contributed by atoms with E-state index < -0.39 is 0 Å². The summed E-state index contributed by atoms with van der Waals surface area (Å²) in [5, 5.41) is 0. The van der Waals surface area contributed by atoms with Crippen LogP contribution in [0.2, 0.25) is 0 Å². The van der Waals surface area contributed by atoms with Gasteiger partial charge in [0.25, 0.3) is 5.91 Å². The quantitative estimate of drug-likeness (QED) is 0.904. The van der Waals surface area contributed by atoms with Crippen molar-refractivity contribution in [2.24, 2.45) is 5.73 Å². The van der Waals surface area contributed by atoms with Gasteiger partial charge >= 0.3 is 0 Å². The topological polar surface area (TPSA) is 46.3 Å². The molecule has 0 unspecified atom stereocenters. The van der Waals surface area contributed by atoms with Crippen LogP contribution in [0.5, 0.6) is 0 Å². The van der Waals surface area contributed by atoms with Gasteiger partial charge in [-0.1, -0.05) is 18.9 Å². The molecular formula is C18H26N2O. The smallest absolute Gasteiger partial charge is 0.254 e. The lowest BCUT2D eigenvalue weighted by Gasteiger charge is -2.29. The molecule has 3 nitrogen and oxygen atoms in total. The first-order chi connectivity index (χ1) is 10.3. The van der Waals surface area contributed by atoms with Crippen molar-refractivity contribution in [2.45, 2.75) is 57.4 Å². The predicted molar refractivity (Wildman–Crippen MR) is 85.4 cm³/mol. The van der Waals surface area contributed by atoms with Crippen LogP contribution < -0.4 is 5.73 Å². The fourth-order valence-electron chi connectivity index (χ4n) is 3.80. The second kappa shape index (κ2) is 6.61. The molecule has 2 N–H and O–H groups in total. The summed E-state index contributed by atoms with van der Waals surface area (Å²) in [6.07, 6.45) is 9.23. The number of benzene rings is 1. The van der Waals surface area contributed by atoms with Gasteiger partial charge in [-0.15, -0.1) is 0 Å². The molecule has 3 heteroatoms. The molecule has 1 aromatic carbocycles. The summed E-state index contributed by atoms with van der Waals surface area (Å²) in [6.45, 7) is 1.46. The van der Waals surface area contributed by atoms with Crippen molar-refractivity contribution in [2.75, 3.05) is 13.1 Å². The summed E-state index contributed by atoms with van der Waals surface area (Å²) in [5.74, 6) is 0.213. The summed E-state index contributed by atoms with van der Waals surface area (Å²) >= 11 is 0. The third kappa shape index (κ3) is 3.13. The molecule has 21 heavy (non-hydrogen) atoms. The Morgan fingerprint density at radius 1 is 1.14 bits per heavy atom. The number of rotatable bonds is 5. The number of fused-ring (bicyclic) bond motifs is 1. The predicted octanol–water partition coefficient (Wildman–Crippen LogP) is 2.91. The highest BCUT2D eigenvalue weighted by Crippen LogP contribution is 2.27. The lowest BCUT2D eigenvalue weighted by atomic mass is 10.0. The highest BCUT2D eigenvalue weighted by atomic mass is 16.2. The molecule has 2 aliphatic carbocycles. The number of hydrogen-bond acceptors (Lipinski definition) is 2. The highest BCUT2D eigenvalue weighted by Gasteiger charge is 2.27. The van der Waals surface area contributed by atoms with Gasteiger partial charge in [-0.05, 0) is 68.3 Å². The van der Waals surface area contributed by atoms with E-state index in [-0.39, 0.29) is 5.91 Å². The van der Waals surface area contributed by atoms with Gasteiger partial charge in [0.2, 0.25) is 0 Å². The fraction of sp³-hybridized carbons (Fsp3) is 0.611. The Hall–Kier alpha value is -1.35. The lowest BCUT2D eigenvalue weighted by molar-refractivity contribution is 0.0680. The molecule has 1 fully saturated rings. The minimum Gasteiger partial charge on any atom is -0.336 e. The summed E-state index contributed by atoms with van der Waals surface area (Å²) in [5.41, 5.74) is 9.34. The maximum absolute atomic E-state index is 12.9. The molecule has 3 rings (SSSR count). The molecule has 114 valence electrons. The van der Waals surface area contributed by atoms with Gasteiger partial charge in [0.1, 0.15) is 0 Å². The van der Waals surface area contributed by atoms with Crippen LogP contribution in [-0.4, -0.2) is 29.9 Å². The minimum absolute atomic E-state index is 0.213. The number of amides is 1. The average molecular weight is 286 g/mol. The molecule has 1 saturated carbocycles. The average Bonchev–Trinajstić information content (AvgIpc) is 3.18. The van der Waals surface area contributed by atoms with E-state index in [9.17, 15) is 4.79 Å². The monoisotopic (exact) mass is 286 g/mol. The molecule has 2 aliphatic rings. The zero-order valence-corrected chi connectivity index (χ0v) is 12.8. The molecule has 0 radical (unpaired) electrons. The van der Waals surface area contributed by atoms with Crippen LogP contribution in [-0.2, 0) is 12.8 Å². The second-order valence-electron chi connectivity index (χ2n) is 6.42. The van der Waals surface area contributed by atoms with E-state index in [4.69, 9.17) is 5.73 Å². The highest BCUT2D eigenvalue weighted by molar-refractivity contribution is 5.94. The first-order valence-corrected chi connectivity index (χ1v) is 8.42. The van der Waals surface area contributed by atoms with Crippen molar-refractivity contribution in [3.8, 4) is 0 Å². The van der Waals surface area contributed by atoms with Gasteiger partial charge in [0, 0.05) is 18.2 Å². The van der Waals surface area contributed by atoms with Gasteiger partial charge in [0.05, 0.1) is 0 Å². The van der Waals surface area contributed by atoms with Crippen LogP contribution in [0, 0.1) is 0 Å². The fourth-order valence-corrected chi connectivity index (χ4v) is 3.80. The van der Waals surface area contributed by atoms with Crippen molar-refractivity contribution in [3.63, 3.8) is 0 Å². The molecule has 1 aromatic rings. The van der Waals surface area contributed by atoms with Gasteiger partial charge in [-0.3, -0.25) is 4.79 Å². The Labute approximate surface area is 127 Å². The third-order valence-corrected chi connectivity index (χ3v) is 4.97. The molecule has 0 saturated heterocycles. The van der Waals surface area contributed by atoms with E-state index in [2.05, 4.69) is 17.0 Å². The van der Waals surface area contributed by atoms with Crippen molar-refractivity contribution < 1.29 is 4.79 Å². The van der Waals surface area contributed by atoms with Crippen LogP contribution in [0.4, 0.5) is 0 Å². The first kappa shape index (κ1) is 14.6. The van der Waals surface area contributed by atoms with E-state index in [0.29, 0.717) is 12.6 Å². The van der Waals surface area contributed by atoms with Crippen molar-refractivity contribution in [1.29, 1.82) is 0 Å². The van der Waals surface area contributed by atoms with E-state index in [1.807, 2.05) is 6.07 Å². The largest absolute Gasteiger partial charge is 0.336 e. The SMILES string of the molecule is NCCCN(C(=O)c1ccc2c(c1)CCC2)C1CCCC1. The lowest BCUT2D eigenvalue weighted by Crippen LogP contribution is -2.40. The molecule has 0 spiro atoms. The van der Waals surface area contributed by atoms with Crippen molar-refractivity contribution in [1.82, 2.24) is 4.90 Å². The third-order valence-electron chi connectivity index (χ3n) is 4.97. The van der Waals surface area contributed by atoms with E-state index in [0.717, 1.165) is 37.8 Å². The Morgan fingerprint density at radius 3 is 2.67 bits per heavy atom. The van der Waals surface area contributed by atoms with Crippen LogP contribution in [0.3, 0.4) is 0 Å². The molecule has 0 atom stereocenters. The normalized spacial score (nSPS) is 18.0. The standard InChI is InChI=1S/C18H26N2O/c19-11-4-12-20(17-7-1-2-8-17)18(21)16-10-9-14-5-3-6-15(14)13-16/h9-10,13,17H,1-8,11-12,19H2. The van der Waals surface area contributed by atoms with Gasteiger partial charge in [-0.2, -0.15) is 0 Å². The van der Waals surface area contributed by atoms with Crippen LogP contribution in [0.1, 0.15) is 60.0 Å². The Bertz CT molecular complexity index is 506. The minimum atomic E-state index is 0.213. The number of nitrogens with two attached hydrogens (primary N) is 1. The van der Waals surface area contributed by atoms with Gasteiger partial charge in [-0.25, -0.2) is 0 Å². The molecule has 1 amide bonds. The number of aryl methyl sites for hydroxylation is 2. The number of hydrogen-bond donors (Lipinski definition) is 1. The molecule has 0 heterocycles. The molecule has 0 aliphatic heterocycles. The Kier molecular flexibility index (Phi) is 4.59. The number of nitrogens with zero attached hydrogens (tertiary/aromatic N) is 1. The summed E-state index contributed by atoms with van der Waals surface area (Å²) in [7, 11) is 0. The summed E-state index contributed by atoms with van der Waals surface area (Å²) in [4.78, 5) is 15.0. The number of carbonyl (C=O) groups excluding carboxylic acids is 1. The van der Waals surface area contributed by atoms with Crippen molar-refractivity contribution >= 4 is 5.91 Å². The Balaban J connectivity index is 1.79. The second-order valence-corrected chi connectivity index (χ2v) is 6.42. The van der Waals surface area contributed by atoms with Crippen molar-refractivity contribution in [3.05, 3.63) is 34.9 Å². The van der Waals surface area contributed by atoms with Gasteiger partial charge in [0.15, 0.2) is 0 Å². The maximum atomic E-state index is 12.9. The van der Waals surface area contributed by atoms with E-state index in [1.54, 1.807) is 0 Å². The van der Waals surface area contributed by atoms with Crippen LogP contribution in [0.25, 0.3) is 0 Å². The van der Waals surface area contributed by atoms with Crippen LogP contribution >= 0.6 is 0 Å². The zero-order chi connectivity index (χ0) is 14.7. The maximum Gasteiger partial charge on any atom is 0.254 e. The molecule has 0 aromatic heterocycles. The van der Waals surface area contributed by atoms with E-state index in [1.165, 1.54) is 36.8 Å². The molecule has 0 bridgehead atoms. The first-order valence-electron chi connectivity index (χ1n) is 8.42. The zero-order valence-electron chi connectivity index (χ0n) is 12.8. The summed E-state index contributed by atoms with van der Waals surface area (Å²) < 4.78 is 0.